The molecule has 1 aromatic heterocycles. The van der Waals surface area contributed by atoms with Crippen molar-refractivity contribution in [3.05, 3.63) is 17.5 Å². The van der Waals surface area contributed by atoms with E-state index in [1.165, 1.54) is 11.3 Å². The van der Waals surface area contributed by atoms with Crippen molar-refractivity contribution in [2.24, 2.45) is 7.05 Å². The second-order valence-corrected chi connectivity index (χ2v) is 2.78. The van der Waals surface area contributed by atoms with Crippen molar-refractivity contribution in [3.63, 3.8) is 0 Å². The average molecular weight is 138 g/mol. The van der Waals surface area contributed by atoms with Crippen molar-refractivity contribution >= 4 is 0 Å². The van der Waals surface area contributed by atoms with E-state index in [0.29, 0.717) is 0 Å². The fourth-order valence-corrected chi connectivity index (χ4v) is 1.43. The molecule has 0 atom stereocenters. The highest BCUT2D eigenvalue weighted by atomic mass is 15.3. The largest absolute Gasteiger partial charge is 0.312 e. The number of aromatic nitrogens is 2. The summed E-state index contributed by atoms with van der Waals surface area (Å²) in [7, 11) is 2.03. The number of nitrogens with zero attached hydrogens (tertiary/aromatic N) is 1. The van der Waals surface area contributed by atoms with Crippen LogP contribution in [0.3, 0.4) is 0 Å². The highest BCUT2D eigenvalue weighted by molar-refractivity contribution is 5.16. The number of hydrogen-bond donors (Lipinski definition) is 2. The lowest BCUT2D eigenvalue weighted by molar-refractivity contribution is -0.727. The van der Waals surface area contributed by atoms with Gasteiger partial charge >= 0.3 is 0 Å². The molecule has 3 nitrogen and oxygen atoms in total. The molecule has 0 radical (unpaired) electrons. The number of aromatic amines is 1. The predicted octanol–water partition coefficient (Wildman–Crippen LogP) is -0.515. The molecule has 1 aliphatic heterocycles. The Morgan fingerprint density at radius 1 is 1.60 bits per heavy atom. The molecule has 3 heteroatoms. The minimum atomic E-state index is 1.02. The van der Waals surface area contributed by atoms with Crippen molar-refractivity contribution in [1.82, 2.24) is 10.4 Å². The van der Waals surface area contributed by atoms with E-state index in [1.54, 1.807) is 0 Å². The molecule has 10 heavy (non-hydrogen) atoms. The van der Waals surface area contributed by atoms with Gasteiger partial charge < -0.3 is 5.32 Å². The maximum Gasteiger partial charge on any atom is 0.199 e. The zero-order valence-electron chi connectivity index (χ0n) is 6.15. The Kier molecular flexibility index (Phi) is 1.24. The van der Waals surface area contributed by atoms with Crippen LogP contribution in [0.2, 0.25) is 0 Å². The Morgan fingerprint density at radius 3 is 3.30 bits per heavy atom. The van der Waals surface area contributed by atoms with Crippen LogP contribution in [-0.4, -0.2) is 11.6 Å². The second kappa shape index (κ2) is 2.09. The van der Waals surface area contributed by atoms with Gasteiger partial charge in [-0.2, -0.15) is 5.10 Å². The summed E-state index contributed by atoms with van der Waals surface area (Å²) in [5.74, 6) is 0. The van der Waals surface area contributed by atoms with Crippen LogP contribution in [0.5, 0.6) is 0 Å². The molecule has 2 rings (SSSR count). The van der Waals surface area contributed by atoms with Crippen LogP contribution in [0, 0.1) is 0 Å². The Labute approximate surface area is 60.0 Å². The smallest absolute Gasteiger partial charge is 0.199 e. The summed E-state index contributed by atoms with van der Waals surface area (Å²) < 4.78 is 2.01. The third kappa shape index (κ3) is 0.827. The number of fused-ring (bicyclic) bond motifs is 1. The topological polar surface area (TPSA) is 31.7 Å². The normalized spacial score (nSPS) is 16.9. The summed E-state index contributed by atoms with van der Waals surface area (Å²) >= 11 is 0. The van der Waals surface area contributed by atoms with Crippen LogP contribution in [0.1, 0.15) is 11.3 Å². The molecule has 2 N–H and O–H groups in total. The quantitative estimate of drug-likeness (QED) is 0.465. The van der Waals surface area contributed by atoms with Crippen LogP contribution in [0.25, 0.3) is 0 Å². The number of rotatable bonds is 0. The number of aryl methyl sites for hydroxylation is 1. The van der Waals surface area contributed by atoms with Crippen molar-refractivity contribution in [3.8, 4) is 0 Å². The van der Waals surface area contributed by atoms with Gasteiger partial charge in [-0.3, -0.25) is 0 Å². The predicted molar refractivity (Wildman–Crippen MR) is 37.4 cm³/mol. The standard InChI is InChI=1S/C7H11N3/c1-10-5-6-4-8-3-2-7(6)9-10/h5,8H,2-4H2,1H3/p+1. The fraction of sp³-hybridized carbons (Fsp3) is 0.571. The first-order valence-corrected chi connectivity index (χ1v) is 3.63. The van der Waals surface area contributed by atoms with Gasteiger partial charge in [0.25, 0.3) is 0 Å². The molecule has 0 spiro atoms. The molecular formula is C7H12N3+. The van der Waals surface area contributed by atoms with Gasteiger partial charge in [-0.1, -0.05) is 0 Å². The highest BCUT2D eigenvalue weighted by Crippen LogP contribution is 2.06. The molecule has 0 aromatic carbocycles. The molecule has 2 heterocycles. The molecule has 0 fully saturated rings. The van der Waals surface area contributed by atoms with Crippen LogP contribution in [-0.2, 0) is 20.0 Å². The molecule has 0 amide bonds. The lowest BCUT2D eigenvalue weighted by Gasteiger charge is -2.07. The van der Waals surface area contributed by atoms with E-state index in [1.807, 2.05) is 11.7 Å². The van der Waals surface area contributed by atoms with Gasteiger partial charge in [0.15, 0.2) is 13.2 Å². The third-order valence-corrected chi connectivity index (χ3v) is 1.92. The van der Waals surface area contributed by atoms with E-state index in [4.69, 9.17) is 0 Å². The molecule has 1 aliphatic rings. The second-order valence-electron chi connectivity index (χ2n) is 2.78. The lowest BCUT2D eigenvalue weighted by atomic mass is 10.1. The van der Waals surface area contributed by atoms with Crippen molar-refractivity contribution < 1.29 is 4.68 Å². The number of hydrogen-bond acceptors (Lipinski definition) is 1. The zero-order chi connectivity index (χ0) is 6.97. The van der Waals surface area contributed by atoms with Crippen LogP contribution in [0.15, 0.2) is 6.20 Å². The Hall–Kier alpha value is -0.830. The highest BCUT2D eigenvalue weighted by Gasteiger charge is 2.14. The molecule has 0 aliphatic carbocycles. The van der Waals surface area contributed by atoms with Gasteiger partial charge in [-0.05, 0) is 0 Å². The van der Waals surface area contributed by atoms with Gasteiger partial charge in [0.1, 0.15) is 0 Å². The number of nitrogens with one attached hydrogen (secondary N) is 2. The van der Waals surface area contributed by atoms with E-state index in [0.717, 1.165) is 19.5 Å². The van der Waals surface area contributed by atoms with E-state index >= 15 is 0 Å². The minimum Gasteiger partial charge on any atom is -0.312 e. The van der Waals surface area contributed by atoms with E-state index in [-0.39, 0.29) is 0 Å². The van der Waals surface area contributed by atoms with E-state index in [9.17, 15) is 0 Å². The minimum absolute atomic E-state index is 1.02. The van der Waals surface area contributed by atoms with Gasteiger partial charge in [0.05, 0.1) is 11.3 Å². The maximum absolute atomic E-state index is 3.32. The fourth-order valence-electron chi connectivity index (χ4n) is 1.43. The Bertz CT molecular complexity index is 215. The summed E-state index contributed by atoms with van der Waals surface area (Å²) in [4.78, 5) is 0. The third-order valence-electron chi connectivity index (χ3n) is 1.92. The maximum atomic E-state index is 3.32. The zero-order valence-corrected chi connectivity index (χ0v) is 6.15. The summed E-state index contributed by atoms with van der Waals surface area (Å²) in [6, 6.07) is 0. The van der Waals surface area contributed by atoms with Gasteiger partial charge in [-0.15, -0.1) is 4.68 Å². The molecule has 0 bridgehead atoms. The summed E-state index contributed by atoms with van der Waals surface area (Å²) in [6.07, 6.45) is 3.28. The van der Waals surface area contributed by atoms with Crippen molar-refractivity contribution in [1.29, 1.82) is 0 Å². The Balaban J connectivity index is 2.41. The first-order valence-electron chi connectivity index (χ1n) is 3.63. The van der Waals surface area contributed by atoms with E-state index in [2.05, 4.69) is 16.6 Å². The van der Waals surface area contributed by atoms with Crippen molar-refractivity contribution in [2.45, 2.75) is 13.0 Å². The summed E-state index contributed by atoms with van der Waals surface area (Å²) in [5.41, 5.74) is 2.80. The van der Waals surface area contributed by atoms with Gasteiger partial charge in [0, 0.05) is 19.5 Å². The molecule has 0 saturated carbocycles. The number of H-pyrrole nitrogens is 1. The summed E-state index contributed by atoms with van der Waals surface area (Å²) in [6.45, 7) is 2.13. The molecule has 0 saturated heterocycles. The molecular weight excluding hydrogens is 126 g/mol. The molecule has 54 valence electrons. The van der Waals surface area contributed by atoms with Gasteiger partial charge in [0.2, 0.25) is 0 Å². The van der Waals surface area contributed by atoms with Gasteiger partial charge in [-0.25, -0.2) is 0 Å². The van der Waals surface area contributed by atoms with Crippen LogP contribution >= 0.6 is 0 Å². The van der Waals surface area contributed by atoms with E-state index < -0.39 is 0 Å². The first-order chi connectivity index (χ1) is 4.86. The van der Waals surface area contributed by atoms with Crippen molar-refractivity contribution in [2.75, 3.05) is 6.54 Å². The molecule has 0 unspecified atom stereocenters. The van der Waals surface area contributed by atoms with Crippen LogP contribution in [0.4, 0.5) is 0 Å². The monoisotopic (exact) mass is 138 g/mol. The SMILES string of the molecule is C[n+]1cc2c([nH]1)CCNC2. The summed E-state index contributed by atoms with van der Waals surface area (Å²) in [5, 5.41) is 6.59. The lowest BCUT2D eigenvalue weighted by Crippen LogP contribution is -2.28. The van der Waals surface area contributed by atoms with Crippen LogP contribution < -0.4 is 10.00 Å². The Morgan fingerprint density at radius 2 is 2.50 bits per heavy atom. The first kappa shape index (κ1) is 5.92. The average Bonchev–Trinajstić information content (AvgIpc) is 2.27. The molecule has 1 aromatic rings.